The highest BCUT2D eigenvalue weighted by Crippen LogP contribution is 1.81. The number of hydrogen-bond donors (Lipinski definition) is 1. The Morgan fingerprint density at radius 3 is 2.33 bits per heavy atom. The van der Waals surface area contributed by atoms with Gasteiger partial charge >= 0.3 is 5.97 Å². The lowest BCUT2D eigenvalue weighted by Gasteiger charge is -2.03. The van der Waals surface area contributed by atoms with Crippen molar-refractivity contribution in [1.82, 2.24) is 0 Å². The summed E-state index contributed by atoms with van der Waals surface area (Å²) in [6.07, 6.45) is 0. The first kappa shape index (κ1) is 11.3. The molecule has 12 heavy (non-hydrogen) atoms. The zero-order chi connectivity index (χ0) is 9.23. The Bertz CT molecular complexity index is 115. The lowest BCUT2D eigenvalue weighted by atomic mass is 10.8. The summed E-state index contributed by atoms with van der Waals surface area (Å²) in [5.74, 6) is -1.03. The van der Waals surface area contributed by atoms with Crippen LogP contribution < -0.4 is 0 Å². The first-order valence-corrected chi connectivity index (χ1v) is 3.21. The third-order valence-electron chi connectivity index (χ3n) is 0.760. The van der Waals surface area contributed by atoms with Gasteiger partial charge in [0.15, 0.2) is 6.79 Å². The summed E-state index contributed by atoms with van der Waals surface area (Å²) in [4.78, 5) is 9.90. The molecule has 6 nitrogen and oxygen atoms in total. The second-order valence-corrected chi connectivity index (χ2v) is 1.79. The van der Waals surface area contributed by atoms with Gasteiger partial charge in [0.1, 0.15) is 20.2 Å². The molecule has 0 radical (unpaired) electrons. The number of rotatable bonds is 8. The maximum atomic E-state index is 9.90. The van der Waals surface area contributed by atoms with Crippen LogP contribution in [0.15, 0.2) is 0 Å². The second kappa shape index (κ2) is 8.41. The number of ether oxygens (including phenoxy) is 4. The van der Waals surface area contributed by atoms with Gasteiger partial charge in [0.2, 0.25) is 0 Å². The Kier molecular flexibility index (Phi) is 7.92. The highest BCUT2D eigenvalue weighted by molar-refractivity contribution is 5.67. The average Bonchev–Trinajstić information content (AvgIpc) is 2.02. The molecule has 0 aliphatic rings. The van der Waals surface area contributed by atoms with E-state index in [1.165, 1.54) is 7.11 Å². The van der Waals surface area contributed by atoms with Crippen molar-refractivity contribution in [3.05, 3.63) is 0 Å². The zero-order valence-electron chi connectivity index (χ0n) is 6.82. The molecule has 0 rings (SSSR count). The van der Waals surface area contributed by atoms with Crippen LogP contribution in [0.3, 0.4) is 0 Å². The summed E-state index contributed by atoms with van der Waals surface area (Å²) in [6, 6.07) is 0. The highest BCUT2D eigenvalue weighted by Gasteiger charge is 1.94. The molecule has 72 valence electrons. The lowest BCUT2D eigenvalue weighted by Crippen LogP contribution is -2.11. The Morgan fingerprint density at radius 1 is 1.17 bits per heavy atom. The van der Waals surface area contributed by atoms with Gasteiger partial charge in [0, 0.05) is 7.11 Å². The summed E-state index contributed by atoms with van der Waals surface area (Å²) >= 11 is 0. The smallest absolute Gasteiger partial charge is 0.329 e. The monoisotopic (exact) mass is 180 g/mol. The Morgan fingerprint density at radius 2 is 1.75 bits per heavy atom. The Hall–Kier alpha value is -0.690. The first-order chi connectivity index (χ1) is 5.77. The van der Waals surface area contributed by atoms with Gasteiger partial charge in [-0.15, -0.1) is 0 Å². The molecule has 0 aliphatic heterocycles. The van der Waals surface area contributed by atoms with Crippen molar-refractivity contribution in [3.8, 4) is 0 Å². The van der Waals surface area contributed by atoms with E-state index in [0.29, 0.717) is 0 Å². The average molecular weight is 180 g/mol. The van der Waals surface area contributed by atoms with Crippen LogP contribution in [0.2, 0.25) is 0 Å². The number of hydrogen-bond acceptors (Lipinski definition) is 5. The minimum atomic E-state index is -1.03. The predicted molar refractivity (Wildman–Crippen MR) is 37.4 cm³/mol. The molecule has 0 amide bonds. The molecule has 0 unspecified atom stereocenters. The molecule has 0 aromatic carbocycles. The summed E-state index contributed by atoms with van der Waals surface area (Å²) in [7, 11) is 1.49. The van der Waals surface area contributed by atoms with Gasteiger partial charge in [0.25, 0.3) is 0 Å². The summed E-state index contributed by atoms with van der Waals surface area (Å²) < 4.78 is 18.5. The summed E-state index contributed by atoms with van der Waals surface area (Å²) in [6.45, 7) is -0.313. The van der Waals surface area contributed by atoms with Crippen LogP contribution in [0.25, 0.3) is 0 Å². The third kappa shape index (κ3) is 9.31. The van der Waals surface area contributed by atoms with Crippen molar-refractivity contribution in [2.24, 2.45) is 0 Å². The van der Waals surface area contributed by atoms with Crippen LogP contribution in [-0.4, -0.2) is 45.2 Å². The van der Waals surface area contributed by atoms with Crippen LogP contribution in [0.5, 0.6) is 0 Å². The Balaban J connectivity index is 2.86. The molecule has 1 N–H and O–H groups in total. The van der Waals surface area contributed by atoms with Crippen LogP contribution in [0.4, 0.5) is 0 Å². The minimum Gasteiger partial charge on any atom is -0.480 e. The molecule has 0 aromatic heterocycles. The van der Waals surface area contributed by atoms with E-state index in [9.17, 15) is 4.79 Å². The first-order valence-electron chi connectivity index (χ1n) is 3.21. The number of carboxylic acid groups (broad SMARTS) is 1. The number of methoxy groups -OCH3 is 1. The van der Waals surface area contributed by atoms with E-state index in [-0.39, 0.29) is 27.0 Å². The fourth-order valence-corrected chi connectivity index (χ4v) is 0.398. The molecule has 0 saturated heterocycles. The van der Waals surface area contributed by atoms with Crippen LogP contribution in [0, 0.1) is 0 Å². The van der Waals surface area contributed by atoms with Gasteiger partial charge in [-0.3, -0.25) is 0 Å². The van der Waals surface area contributed by atoms with E-state index in [4.69, 9.17) is 14.6 Å². The van der Waals surface area contributed by atoms with Gasteiger partial charge in [-0.1, -0.05) is 0 Å². The highest BCUT2D eigenvalue weighted by atomic mass is 16.8. The second-order valence-electron chi connectivity index (χ2n) is 1.79. The van der Waals surface area contributed by atoms with Crippen molar-refractivity contribution < 1.29 is 28.8 Å². The topological polar surface area (TPSA) is 74.2 Å². The van der Waals surface area contributed by atoms with Crippen LogP contribution >= 0.6 is 0 Å². The van der Waals surface area contributed by atoms with Gasteiger partial charge in [-0.25, -0.2) is 4.79 Å². The number of carboxylic acids is 1. The predicted octanol–water partition coefficient (Wildman–Crippen LogP) is -0.360. The molecule has 0 spiro atoms. The molecule has 0 atom stereocenters. The van der Waals surface area contributed by atoms with E-state index in [2.05, 4.69) is 9.47 Å². The van der Waals surface area contributed by atoms with Crippen molar-refractivity contribution in [1.29, 1.82) is 0 Å². The fourth-order valence-electron chi connectivity index (χ4n) is 0.398. The number of carbonyl (C=O) groups is 1. The molecule has 0 heterocycles. The summed E-state index contributed by atoms with van der Waals surface area (Å²) in [5.41, 5.74) is 0. The van der Waals surface area contributed by atoms with Crippen molar-refractivity contribution >= 4 is 5.97 Å². The SMILES string of the molecule is COCOCOCOCC(=O)O. The van der Waals surface area contributed by atoms with Gasteiger partial charge in [0.05, 0.1) is 0 Å². The molecular formula is C6H12O6. The van der Waals surface area contributed by atoms with Crippen molar-refractivity contribution in [2.75, 3.05) is 34.1 Å². The van der Waals surface area contributed by atoms with Crippen molar-refractivity contribution in [2.45, 2.75) is 0 Å². The van der Waals surface area contributed by atoms with E-state index < -0.39 is 5.97 Å². The van der Waals surface area contributed by atoms with E-state index in [1.807, 2.05) is 0 Å². The molecule has 0 aliphatic carbocycles. The molecule has 0 aromatic rings. The Labute approximate surface area is 70.0 Å². The minimum absolute atomic E-state index is 0.0213. The van der Waals surface area contributed by atoms with Gasteiger partial charge in [-0.05, 0) is 0 Å². The van der Waals surface area contributed by atoms with Crippen LogP contribution in [-0.2, 0) is 23.7 Å². The molecule has 0 fully saturated rings. The standard InChI is InChI=1S/C6H12O6/c1-9-3-11-5-12-4-10-2-6(7)8/h2-5H2,1H3,(H,7,8). The van der Waals surface area contributed by atoms with Gasteiger partial charge in [-0.2, -0.15) is 0 Å². The fraction of sp³-hybridized carbons (Fsp3) is 0.833. The van der Waals surface area contributed by atoms with E-state index in [0.717, 1.165) is 0 Å². The summed E-state index contributed by atoms with van der Waals surface area (Å²) in [5, 5.41) is 8.12. The van der Waals surface area contributed by atoms with E-state index >= 15 is 0 Å². The maximum absolute atomic E-state index is 9.90. The third-order valence-corrected chi connectivity index (χ3v) is 0.760. The van der Waals surface area contributed by atoms with Crippen molar-refractivity contribution in [3.63, 3.8) is 0 Å². The maximum Gasteiger partial charge on any atom is 0.329 e. The lowest BCUT2D eigenvalue weighted by molar-refractivity contribution is -0.172. The largest absolute Gasteiger partial charge is 0.480 e. The van der Waals surface area contributed by atoms with Gasteiger partial charge < -0.3 is 24.1 Å². The molecular weight excluding hydrogens is 168 g/mol. The molecule has 0 bridgehead atoms. The molecule has 6 heteroatoms. The quantitative estimate of drug-likeness (QED) is 0.406. The molecule has 0 saturated carbocycles. The zero-order valence-corrected chi connectivity index (χ0v) is 6.82. The van der Waals surface area contributed by atoms with E-state index in [1.54, 1.807) is 0 Å². The van der Waals surface area contributed by atoms with Crippen LogP contribution in [0.1, 0.15) is 0 Å². The number of aliphatic carboxylic acids is 1. The normalized spacial score (nSPS) is 10.1.